The van der Waals surface area contributed by atoms with Gasteiger partial charge in [-0.15, -0.1) is 0 Å². The fraction of sp³-hybridized carbons (Fsp3) is 0.815. The summed E-state index contributed by atoms with van der Waals surface area (Å²) < 4.78 is 16.7. The molecule has 7 atom stereocenters. The lowest BCUT2D eigenvalue weighted by Crippen LogP contribution is -2.60. The van der Waals surface area contributed by atoms with Crippen molar-refractivity contribution in [3.8, 4) is 0 Å². The quantitative estimate of drug-likeness (QED) is 0.0195. The Labute approximate surface area is 465 Å². The first-order valence-electron chi connectivity index (χ1n) is 31.6. The van der Waals surface area contributed by atoms with Crippen LogP contribution >= 0.6 is 0 Å². The van der Waals surface area contributed by atoms with Crippen LogP contribution in [-0.4, -0.2) is 100 Å². The molecule has 76 heavy (non-hydrogen) atoms. The Morgan fingerprint density at radius 3 is 1.42 bits per heavy atom. The molecule has 11 nitrogen and oxygen atoms in total. The Hall–Kier alpha value is -2.64. The third-order valence-corrected chi connectivity index (χ3v) is 14.6. The molecule has 0 aromatic rings. The van der Waals surface area contributed by atoms with Crippen molar-refractivity contribution in [2.24, 2.45) is 0 Å². The molecule has 1 amide bonds. The largest absolute Gasteiger partial charge is 0.466 e. The highest BCUT2D eigenvalue weighted by atomic mass is 16.7. The SMILES string of the molecule is CCCC/C=C\CCCCCCCC(=O)OCCCCCCCCCCC/C=C\C/C=C\CCCCCCCCCCCCCC(=O)NC(COC1OC(CO)C(O)C(O)C1O)C(O)/C=C/CC/C=C/CCCCCC. The molecule has 1 rings (SSSR count). The van der Waals surface area contributed by atoms with Gasteiger partial charge in [0.05, 0.1) is 32.0 Å². The van der Waals surface area contributed by atoms with Crippen molar-refractivity contribution in [2.75, 3.05) is 19.8 Å². The van der Waals surface area contributed by atoms with Crippen molar-refractivity contribution in [3.05, 3.63) is 60.8 Å². The molecule has 1 saturated heterocycles. The Balaban J connectivity index is 2.01. The van der Waals surface area contributed by atoms with E-state index >= 15 is 0 Å². The van der Waals surface area contributed by atoms with Crippen LogP contribution in [0.2, 0.25) is 0 Å². The van der Waals surface area contributed by atoms with Gasteiger partial charge in [0.15, 0.2) is 6.29 Å². The van der Waals surface area contributed by atoms with Gasteiger partial charge in [0.25, 0.3) is 0 Å². The molecule has 442 valence electrons. The van der Waals surface area contributed by atoms with Crippen molar-refractivity contribution in [1.29, 1.82) is 0 Å². The van der Waals surface area contributed by atoms with E-state index in [1.807, 2.05) is 6.08 Å². The molecule has 0 aromatic heterocycles. The van der Waals surface area contributed by atoms with E-state index in [1.165, 1.54) is 173 Å². The van der Waals surface area contributed by atoms with Gasteiger partial charge in [0.1, 0.15) is 24.4 Å². The minimum atomic E-state index is -1.58. The summed E-state index contributed by atoms with van der Waals surface area (Å²) in [5, 5.41) is 54.2. The smallest absolute Gasteiger partial charge is 0.305 e. The first-order valence-corrected chi connectivity index (χ1v) is 31.6. The van der Waals surface area contributed by atoms with Crippen molar-refractivity contribution >= 4 is 11.9 Å². The Bertz CT molecular complexity index is 1450. The van der Waals surface area contributed by atoms with Gasteiger partial charge in [-0.25, -0.2) is 0 Å². The lowest BCUT2D eigenvalue weighted by Gasteiger charge is -2.40. The molecule has 0 aliphatic carbocycles. The second kappa shape index (κ2) is 54.3. The molecule has 0 aromatic carbocycles. The van der Waals surface area contributed by atoms with Crippen molar-refractivity contribution < 1.29 is 49.3 Å². The average molecular weight is 1070 g/mol. The van der Waals surface area contributed by atoms with Gasteiger partial charge in [-0.05, 0) is 96.3 Å². The molecule has 1 heterocycles. The summed E-state index contributed by atoms with van der Waals surface area (Å²) >= 11 is 0. The predicted octanol–water partition coefficient (Wildman–Crippen LogP) is 15.0. The number of hydrogen-bond acceptors (Lipinski definition) is 10. The number of aliphatic hydroxyl groups is 5. The maximum absolute atomic E-state index is 13.0. The minimum absolute atomic E-state index is 0.0111. The number of unbranched alkanes of at least 4 members (excludes halogenated alkanes) is 32. The van der Waals surface area contributed by atoms with Gasteiger partial charge in [0, 0.05) is 12.8 Å². The van der Waals surface area contributed by atoms with E-state index in [9.17, 15) is 35.1 Å². The van der Waals surface area contributed by atoms with Gasteiger partial charge in [-0.1, -0.05) is 229 Å². The van der Waals surface area contributed by atoms with E-state index in [4.69, 9.17) is 14.2 Å². The van der Waals surface area contributed by atoms with Crippen LogP contribution in [-0.2, 0) is 23.8 Å². The van der Waals surface area contributed by atoms with Crippen molar-refractivity contribution in [1.82, 2.24) is 5.32 Å². The molecule has 1 aliphatic heterocycles. The number of nitrogens with one attached hydrogen (secondary N) is 1. The lowest BCUT2D eigenvalue weighted by atomic mass is 9.99. The summed E-state index contributed by atoms with van der Waals surface area (Å²) in [4.78, 5) is 25.0. The van der Waals surface area contributed by atoms with E-state index in [1.54, 1.807) is 6.08 Å². The standard InChI is InChI=1S/C65H117NO10/c1-3-5-7-9-11-13-32-37-41-45-49-53-61(70)74-54-50-46-42-38-34-31-29-27-25-23-21-19-17-15-16-18-20-22-24-26-28-30-33-36-40-44-48-52-60(69)66-57(56-75-65-64(73)63(72)62(71)59(55-67)76-65)58(68)51-47-43-39-35-14-12-10-8-6-4-2/h9,11,14-16,19,21,35,47,51,57-59,62-65,67-68,71-73H,3-8,10,12-13,17-18,20,22-34,36-46,48-50,52-56H2,1-2H3,(H,66,69)/b11-9-,16-15-,21-19-,35-14+,51-47+. The number of carbonyl (C=O) groups excluding carboxylic acids is 2. The van der Waals surface area contributed by atoms with Crippen molar-refractivity contribution in [3.63, 3.8) is 0 Å². The second-order valence-corrected chi connectivity index (χ2v) is 21.7. The fourth-order valence-electron chi connectivity index (χ4n) is 9.52. The number of aliphatic hydroxyl groups excluding tert-OH is 5. The molecule has 11 heteroatoms. The van der Waals surface area contributed by atoms with Crippen LogP contribution in [0.15, 0.2) is 60.8 Å². The summed E-state index contributed by atoms with van der Waals surface area (Å²) in [6, 6.07) is -0.830. The molecular weight excluding hydrogens is 955 g/mol. The fourth-order valence-corrected chi connectivity index (χ4v) is 9.52. The van der Waals surface area contributed by atoms with E-state index in [0.717, 1.165) is 77.0 Å². The molecule has 1 aliphatic rings. The van der Waals surface area contributed by atoms with Gasteiger partial charge in [-0.3, -0.25) is 9.59 Å². The van der Waals surface area contributed by atoms with Crippen LogP contribution in [0.4, 0.5) is 0 Å². The molecule has 6 N–H and O–H groups in total. The Morgan fingerprint density at radius 2 is 0.908 bits per heavy atom. The number of hydrogen-bond donors (Lipinski definition) is 6. The number of esters is 1. The van der Waals surface area contributed by atoms with Crippen LogP contribution in [0.5, 0.6) is 0 Å². The summed E-state index contributed by atoms with van der Waals surface area (Å²) in [6.45, 7) is 4.25. The van der Waals surface area contributed by atoms with E-state index < -0.39 is 49.5 Å². The topological polar surface area (TPSA) is 175 Å². The first-order chi connectivity index (χ1) is 37.2. The Kier molecular flexibility index (Phi) is 51.0. The zero-order valence-electron chi connectivity index (χ0n) is 48.7. The Morgan fingerprint density at radius 1 is 0.487 bits per heavy atom. The maximum Gasteiger partial charge on any atom is 0.305 e. The molecule has 1 fully saturated rings. The second-order valence-electron chi connectivity index (χ2n) is 21.7. The highest BCUT2D eigenvalue weighted by molar-refractivity contribution is 5.76. The zero-order chi connectivity index (χ0) is 55.2. The lowest BCUT2D eigenvalue weighted by molar-refractivity contribution is -0.302. The molecule has 0 bridgehead atoms. The summed E-state index contributed by atoms with van der Waals surface area (Å²) in [7, 11) is 0. The molecular formula is C65H117NO10. The van der Waals surface area contributed by atoms with Crippen LogP contribution in [0, 0.1) is 0 Å². The van der Waals surface area contributed by atoms with E-state index in [-0.39, 0.29) is 18.5 Å². The third-order valence-electron chi connectivity index (χ3n) is 14.6. The van der Waals surface area contributed by atoms with Gasteiger partial charge < -0.3 is 45.1 Å². The maximum atomic E-state index is 13.0. The number of ether oxygens (including phenoxy) is 3. The van der Waals surface area contributed by atoms with Crippen LogP contribution in [0.1, 0.15) is 277 Å². The van der Waals surface area contributed by atoms with Crippen LogP contribution < -0.4 is 5.32 Å². The zero-order valence-corrected chi connectivity index (χ0v) is 48.7. The summed E-state index contributed by atoms with van der Waals surface area (Å²) in [5.74, 6) is -0.209. The average Bonchev–Trinajstić information content (AvgIpc) is 3.42. The van der Waals surface area contributed by atoms with Crippen molar-refractivity contribution in [2.45, 2.75) is 320 Å². The normalized spacial score (nSPS) is 19.1. The number of carbonyl (C=O) groups is 2. The minimum Gasteiger partial charge on any atom is -0.466 e. The van der Waals surface area contributed by atoms with Gasteiger partial charge >= 0.3 is 5.97 Å². The highest BCUT2D eigenvalue weighted by Crippen LogP contribution is 2.23. The van der Waals surface area contributed by atoms with Crippen LogP contribution in [0.3, 0.4) is 0 Å². The molecule has 0 saturated carbocycles. The van der Waals surface area contributed by atoms with E-state index in [0.29, 0.717) is 19.4 Å². The molecule has 0 radical (unpaired) electrons. The number of allylic oxidation sites excluding steroid dienone is 9. The monoisotopic (exact) mass is 1070 g/mol. The third kappa shape index (κ3) is 43.3. The summed E-state index contributed by atoms with van der Waals surface area (Å²) in [5.41, 5.74) is 0. The number of rotatable bonds is 54. The first kappa shape index (κ1) is 71.4. The van der Waals surface area contributed by atoms with Crippen LogP contribution in [0.25, 0.3) is 0 Å². The molecule has 0 spiro atoms. The highest BCUT2D eigenvalue weighted by Gasteiger charge is 2.44. The number of amides is 1. The summed E-state index contributed by atoms with van der Waals surface area (Å²) in [6.07, 6.45) is 60.6. The predicted molar refractivity (Wildman–Crippen MR) is 315 cm³/mol. The van der Waals surface area contributed by atoms with E-state index in [2.05, 4.69) is 67.8 Å². The van der Waals surface area contributed by atoms with Gasteiger partial charge in [-0.2, -0.15) is 0 Å². The van der Waals surface area contributed by atoms with Gasteiger partial charge in [0.2, 0.25) is 5.91 Å². The molecule has 7 unspecified atom stereocenters.